The van der Waals surface area contributed by atoms with E-state index in [2.05, 4.69) is 10.6 Å². The maximum atomic E-state index is 13.5. The third-order valence-corrected chi connectivity index (χ3v) is 3.00. The maximum absolute atomic E-state index is 13.5. The van der Waals surface area contributed by atoms with Crippen molar-refractivity contribution in [3.63, 3.8) is 0 Å². The first kappa shape index (κ1) is 15.8. The van der Waals surface area contributed by atoms with E-state index in [4.69, 9.17) is 4.74 Å². The smallest absolute Gasteiger partial charge is 0.319 e. The topological polar surface area (TPSA) is 50.4 Å². The van der Waals surface area contributed by atoms with Gasteiger partial charge in [-0.1, -0.05) is 12.1 Å². The number of urea groups is 1. The standard InChI is InChI=1S/C16H16F2N2O2/c1-22-15-6-5-13(10-14(15)18)20-16(21)19-8-7-11-3-2-4-12(17)9-11/h2-6,9-10H,7-8H2,1H3,(H2,19,20,21). The Balaban J connectivity index is 1.82. The van der Waals surface area contributed by atoms with E-state index in [1.54, 1.807) is 12.1 Å². The van der Waals surface area contributed by atoms with Crippen LogP contribution in [0.25, 0.3) is 0 Å². The Morgan fingerprint density at radius 3 is 2.68 bits per heavy atom. The molecule has 0 radical (unpaired) electrons. The molecule has 0 saturated carbocycles. The summed E-state index contributed by atoms with van der Waals surface area (Å²) in [5, 5.41) is 5.13. The molecule has 4 nitrogen and oxygen atoms in total. The lowest BCUT2D eigenvalue weighted by atomic mass is 10.1. The zero-order chi connectivity index (χ0) is 15.9. The van der Waals surface area contributed by atoms with Crippen LogP contribution in [0.15, 0.2) is 42.5 Å². The summed E-state index contributed by atoms with van der Waals surface area (Å²) in [4.78, 5) is 11.7. The van der Waals surface area contributed by atoms with E-state index in [0.29, 0.717) is 18.7 Å². The maximum Gasteiger partial charge on any atom is 0.319 e. The summed E-state index contributed by atoms with van der Waals surface area (Å²) >= 11 is 0. The van der Waals surface area contributed by atoms with Gasteiger partial charge in [-0.2, -0.15) is 0 Å². The molecule has 116 valence electrons. The second-order valence-electron chi connectivity index (χ2n) is 4.61. The van der Waals surface area contributed by atoms with Gasteiger partial charge in [-0.25, -0.2) is 13.6 Å². The summed E-state index contributed by atoms with van der Waals surface area (Å²) in [6.07, 6.45) is 0.502. The number of hydrogen-bond acceptors (Lipinski definition) is 2. The summed E-state index contributed by atoms with van der Waals surface area (Å²) in [7, 11) is 1.37. The van der Waals surface area contributed by atoms with Crippen LogP contribution in [-0.4, -0.2) is 19.7 Å². The van der Waals surface area contributed by atoms with E-state index in [1.807, 2.05) is 0 Å². The number of hydrogen-bond donors (Lipinski definition) is 2. The molecule has 2 N–H and O–H groups in total. The quantitative estimate of drug-likeness (QED) is 0.890. The third kappa shape index (κ3) is 4.44. The molecule has 0 atom stereocenters. The van der Waals surface area contributed by atoms with E-state index in [-0.39, 0.29) is 11.6 Å². The Bertz CT molecular complexity index is 662. The molecule has 0 spiro atoms. The number of methoxy groups -OCH3 is 1. The first-order valence-electron chi connectivity index (χ1n) is 6.71. The van der Waals surface area contributed by atoms with Crippen molar-refractivity contribution in [2.24, 2.45) is 0 Å². The SMILES string of the molecule is COc1ccc(NC(=O)NCCc2cccc(F)c2)cc1F. The molecule has 0 bridgehead atoms. The number of carbonyl (C=O) groups excluding carboxylic acids is 1. The van der Waals surface area contributed by atoms with Crippen molar-refractivity contribution in [3.05, 3.63) is 59.7 Å². The molecule has 22 heavy (non-hydrogen) atoms. The fourth-order valence-corrected chi connectivity index (χ4v) is 1.93. The van der Waals surface area contributed by atoms with Crippen LogP contribution in [0.3, 0.4) is 0 Å². The average molecular weight is 306 g/mol. The lowest BCUT2D eigenvalue weighted by molar-refractivity contribution is 0.252. The molecule has 2 rings (SSSR count). The molecule has 0 aliphatic heterocycles. The Kier molecular flexibility index (Phi) is 5.30. The van der Waals surface area contributed by atoms with Crippen molar-refractivity contribution < 1.29 is 18.3 Å². The van der Waals surface area contributed by atoms with E-state index < -0.39 is 11.8 Å². The molecular weight excluding hydrogens is 290 g/mol. The summed E-state index contributed by atoms with van der Waals surface area (Å²) in [5.41, 5.74) is 1.11. The minimum atomic E-state index is -0.555. The summed E-state index contributed by atoms with van der Waals surface area (Å²) < 4.78 is 31.3. The zero-order valence-corrected chi connectivity index (χ0v) is 12.0. The monoisotopic (exact) mass is 306 g/mol. The van der Waals surface area contributed by atoms with Crippen LogP contribution in [0.1, 0.15) is 5.56 Å². The first-order valence-corrected chi connectivity index (χ1v) is 6.71. The number of anilines is 1. The Morgan fingerprint density at radius 2 is 2.00 bits per heavy atom. The lowest BCUT2D eigenvalue weighted by Crippen LogP contribution is -2.30. The van der Waals surface area contributed by atoms with Crippen molar-refractivity contribution in [2.45, 2.75) is 6.42 Å². The van der Waals surface area contributed by atoms with Crippen LogP contribution in [0, 0.1) is 11.6 Å². The van der Waals surface area contributed by atoms with Gasteiger partial charge in [-0.05, 0) is 36.2 Å². The fourth-order valence-electron chi connectivity index (χ4n) is 1.93. The molecule has 6 heteroatoms. The van der Waals surface area contributed by atoms with Gasteiger partial charge in [-0.3, -0.25) is 0 Å². The summed E-state index contributed by atoms with van der Waals surface area (Å²) in [6.45, 7) is 0.341. The predicted octanol–water partition coefficient (Wildman–Crippen LogP) is 3.34. The van der Waals surface area contributed by atoms with Gasteiger partial charge >= 0.3 is 6.03 Å². The highest BCUT2D eigenvalue weighted by Gasteiger charge is 2.06. The van der Waals surface area contributed by atoms with Crippen LogP contribution in [0.5, 0.6) is 5.75 Å². The van der Waals surface area contributed by atoms with E-state index in [1.165, 1.54) is 37.4 Å². The summed E-state index contributed by atoms with van der Waals surface area (Å²) in [5.74, 6) is -0.757. The van der Waals surface area contributed by atoms with Crippen LogP contribution in [-0.2, 0) is 6.42 Å². The molecule has 0 fully saturated rings. The largest absolute Gasteiger partial charge is 0.494 e. The molecule has 0 heterocycles. The molecule has 2 amide bonds. The van der Waals surface area contributed by atoms with Crippen molar-refractivity contribution in [1.82, 2.24) is 5.32 Å². The van der Waals surface area contributed by atoms with Crippen molar-refractivity contribution in [3.8, 4) is 5.75 Å². The normalized spacial score (nSPS) is 10.1. The van der Waals surface area contributed by atoms with E-state index in [0.717, 1.165) is 5.56 Å². The molecule has 2 aromatic rings. The highest BCUT2D eigenvalue weighted by molar-refractivity contribution is 5.89. The van der Waals surface area contributed by atoms with Gasteiger partial charge in [0, 0.05) is 18.3 Å². The van der Waals surface area contributed by atoms with Gasteiger partial charge in [0.05, 0.1) is 7.11 Å². The third-order valence-electron chi connectivity index (χ3n) is 3.00. The minimum Gasteiger partial charge on any atom is -0.494 e. The predicted molar refractivity (Wildman–Crippen MR) is 80.1 cm³/mol. The van der Waals surface area contributed by atoms with Crippen LogP contribution in [0.4, 0.5) is 19.3 Å². The number of ether oxygens (including phenoxy) is 1. The number of rotatable bonds is 5. The van der Waals surface area contributed by atoms with Crippen molar-refractivity contribution in [1.29, 1.82) is 0 Å². The molecule has 0 unspecified atom stereocenters. The van der Waals surface area contributed by atoms with Crippen LogP contribution in [0.2, 0.25) is 0 Å². The van der Waals surface area contributed by atoms with Gasteiger partial charge in [0.1, 0.15) is 5.82 Å². The fraction of sp³-hybridized carbons (Fsp3) is 0.188. The number of benzene rings is 2. The van der Waals surface area contributed by atoms with Crippen molar-refractivity contribution >= 4 is 11.7 Å². The molecule has 0 aliphatic rings. The van der Waals surface area contributed by atoms with Gasteiger partial charge in [0.25, 0.3) is 0 Å². The molecule has 0 saturated heterocycles. The lowest BCUT2D eigenvalue weighted by Gasteiger charge is -2.09. The van der Waals surface area contributed by atoms with Gasteiger partial charge in [0.2, 0.25) is 0 Å². The molecule has 0 aliphatic carbocycles. The highest BCUT2D eigenvalue weighted by Crippen LogP contribution is 2.20. The average Bonchev–Trinajstić information content (AvgIpc) is 2.47. The van der Waals surface area contributed by atoms with Gasteiger partial charge in [0.15, 0.2) is 11.6 Å². The highest BCUT2D eigenvalue weighted by atomic mass is 19.1. The number of amides is 2. The number of halogens is 2. The number of nitrogens with one attached hydrogen (secondary N) is 2. The molecular formula is C16H16F2N2O2. The Labute approximate surface area is 127 Å². The Morgan fingerprint density at radius 1 is 1.18 bits per heavy atom. The second kappa shape index (κ2) is 7.40. The minimum absolute atomic E-state index is 0.108. The zero-order valence-electron chi connectivity index (χ0n) is 12.0. The van der Waals surface area contributed by atoms with E-state index >= 15 is 0 Å². The van der Waals surface area contributed by atoms with Gasteiger partial charge < -0.3 is 15.4 Å². The first-order chi connectivity index (χ1) is 10.6. The van der Waals surface area contributed by atoms with Gasteiger partial charge in [-0.15, -0.1) is 0 Å². The van der Waals surface area contributed by atoms with Crippen molar-refractivity contribution in [2.75, 3.05) is 19.0 Å². The summed E-state index contributed by atoms with van der Waals surface area (Å²) in [6, 6.07) is 9.85. The second-order valence-corrected chi connectivity index (χ2v) is 4.61. The Hall–Kier alpha value is -2.63. The number of carbonyl (C=O) groups is 1. The van der Waals surface area contributed by atoms with Crippen LogP contribution < -0.4 is 15.4 Å². The molecule has 2 aromatic carbocycles. The van der Waals surface area contributed by atoms with E-state index in [9.17, 15) is 13.6 Å². The van der Waals surface area contributed by atoms with Crippen LogP contribution >= 0.6 is 0 Å². The molecule has 0 aromatic heterocycles.